The highest BCUT2D eigenvalue weighted by Crippen LogP contribution is 2.26. The van der Waals surface area contributed by atoms with Gasteiger partial charge in [0, 0.05) is 11.6 Å². The van der Waals surface area contributed by atoms with E-state index in [1.165, 1.54) is 32.4 Å². The molecule has 0 spiro atoms. The normalized spacial score (nSPS) is 11.0. The highest BCUT2D eigenvalue weighted by atomic mass is 35.5. The van der Waals surface area contributed by atoms with Crippen LogP contribution in [0.4, 0.5) is 5.69 Å². The maximum absolute atomic E-state index is 12.3. The fourth-order valence-electron chi connectivity index (χ4n) is 1.85. The Balaban J connectivity index is 2.34. The number of sulfonamides is 1. The molecule has 1 aromatic carbocycles. The minimum atomic E-state index is -4.05. The van der Waals surface area contributed by atoms with Gasteiger partial charge < -0.3 is 14.8 Å². The van der Waals surface area contributed by atoms with E-state index >= 15 is 0 Å². The van der Waals surface area contributed by atoms with E-state index in [2.05, 4.69) is 10.3 Å². The highest BCUT2D eigenvalue weighted by molar-refractivity contribution is 7.89. The fourth-order valence-corrected chi connectivity index (χ4v) is 2.92. The van der Waals surface area contributed by atoms with Crippen LogP contribution in [0, 0.1) is 0 Å². The molecule has 0 atom stereocenters. The monoisotopic (exact) mass is 371 g/mol. The number of benzene rings is 1. The lowest BCUT2D eigenvalue weighted by Crippen LogP contribution is -2.16. The van der Waals surface area contributed by atoms with Gasteiger partial charge in [-0.05, 0) is 24.3 Å². The zero-order valence-corrected chi connectivity index (χ0v) is 14.3. The molecule has 0 radical (unpaired) electrons. The van der Waals surface area contributed by atoms with Gasteiger partial charge in [0.25, 0.3) is 5.91 Å². The second kappa shape index (κ2) is 7.04. The molecule has 10 heteroatoms. The molecule has 0 saturated heterocycles. The molecule has 0 fully saturated rings. The first kappa shape index (κ1) is 18.0. The number of methoxy groups -OCH3 is 2. The number of pyridine rings is 1. The first-order valence-electron chi connectivity index (χ1n) is 6.49. The number of primary sulfonamides is 1. The van der Waals surface area contributed by atoms with Gasteiger partial charge in [0.15, 0.2) is 0 Å². The molecular weight excluding hydrogens is 358 g/mol. The molecule has 3 N–H and O–H groups in total. The number of aromatic nitrogens is 1. The number of carbonyl (C=O) groups excluding carboxylic acids is 1. The quantitative estimate of drug-likeness (QED) is 0.824. The van der Waals surface area contributed by atoms with Crippen LogP contribution in [0.15, 0.2) is 35.2 Å². The van der Waals surface area contributed by atoms with Crippen molar-refractivity contribution in [1.29, 1.82) is 0 Å². The summed E-state index contributed by atoms with van der Waals surface area (Å²) < 4.78 is 33.0. The van der Waals surface area contributed by atoms with Crippen LogP contribution in [-0.2, 0) is 10.0 Å². The third-order valence-corrected chi connectivity index (χ3v) is 4.38. The number of nitrogens with zero attached hydrogens (tertiary/aromatic N) is 1. The summed E-state index contributed by atoms with van der Waals surface area (Å²) in [5.74, 6) is -0.127. The Morgan fingerprint density at radius 2 is 1.92 bits per heavy atom. The molecule has 0 bridgehead atoms. The number of nitrogens with one attached hydrogen (secondary N) is 1. The number of hydrogen-bond donors (Lipinski definition) is 2. The number of carbonyl (C=O) groups is 1. The van der Waals surface area contributed by atoms with Crippen molar-refractivity contribution in [2.75, 3.05) is 19.5 Å². The van der Waals surface area contributed by atoms with E-state index in [1.54, 1.807) is 6.07 Å². The lowest BCUT2D eigenvalue weighted by Gasteiger charge is -2.11. The van der Waals surface area contributed by atoms with Gasteiger partial charge in [-0.25, -0.2) is 13.6 Å². The van der Waals surface area contributed by atoms with Crippen LogP contribution in [0.1, 0.15) is 10.4 Å². The minimum Gasteiger partial charge on any atom is -0.481 e. The van der Waals surface area contributed by atoms with E-state index in [0.717, 1.165) is 6.07 Å². The summed E-state index contributed by atoms with van der Waals surface area (Å²) in [6, 6.07) is 6.82. The maximum atomic E-state index is 12.3. The molecule has 0 aliphatic heterocycles. The van der Waals surface area contributed by atoms with Gasteiger partial charge in [0.1, 0.15) is 10.6 Å². The van der Waals surface area contributed by atoms with Crippen LogP contribution in [0.25, 0.3) is 0 Å². The molecule has 8 nitrogen and oxygen atoms in total. The average Bonchev–Trinajstić information content (AvgIpc) is 2.54. The Morgan fingerprint density at radius 1 is 1.21 bits per heavy atom. The topological polar surface area (TPSA) is 121 Å². The summed E-state index contributed by atoms with van der Waals surface area (Å²) in [5, 5.41) is 7.56. The second-order valence-electron chi connectivity index (χ2n) is 4.55. The zero-order valence-electron chi connectivity index (χ0n) is 12.7. The molecule has 0 unspecified atom stereocenters. The molecule has 0 aliphatic rings. The number of nitrogens with two attached hydrogens (primary N) is 1. The predicted molar refractivity (Wildman–Crippen MR) is 88.1 cm³/mol. The van der Waals surface area contributed by atoms with Crippen molar-refractivity contribution in [3.8, 4) is 11.8 Å². The first-order valence-corrected chi connectivity index (χ1v) is 8.41. The van der Waals surface area contributed by atoms with Crippen LogP contribution in [0.2, 0.25) is 5.02 Å². The molecule has 1 heterocycles. The van der Waals surface area contributed by atoms with E-state index in [9.17, 15) is 13.2 Å². The molecule has 2 aromatic rings. The maximum Gasteiger partial charge on any atom is 0.255 e. The summed E-state index contributed by atoms with van der Waals surface area (Å²) >= 11 is 5.79. The van der Waals surface area contributed by atoms with Crippen molar-refractivity contribution in [2.24, 2.45) is 5.14 Å². The number of halogens is 1. The smallest absolute Gasteiger partial charge is 0.255 e. The lowest BCUT2D eigenvalue weighted by molar-refractivity contribution is 0.102. The van der Waals surface area contributed by atoms with Gasteiger partial charge in [0.2, 0.25) is 21.8 Å². The lowest BCUT2D eigenvalue weighted by atomic mass is 10.2. The molecule has 24 heavy (non-hydrogen) atoms. The van der Waals surface area contributed by atoms with Gasteiger partial charge in [-0.15, -0.1) is 0 Å². The van der Waals surface area contributed by atoms with E-state index in [0.29, 0.717) is 5.88 Å². The third kappa shape index (κ3) is 3.94. The summed E-state index contributed by atoms with van der Waals surface area (Å²) in [7, 11) is -1.22. The zero-order chi connectivity index (χ0) is 17.9. The molecule has 1 amide bonds. The second-order valence-corrected chi connectivity index (χ2v) is 6.49. The third-order valence-electron chi connectivity index (χ3n) is 2.99. The number of ether oxygens (including phenoxy) is 2. The standard InChI is InChI=1S/C14H14ClN3O5S/c1-22-12-6-5-10(14(18-12)23-2)17-13(19)8-3-4-9(15)11(7-8)24(16,20)21/h3-7H,1-2H3,(H,17,19)(H2,16,20,21). The van der Waals surface area contributed by atoms with E-state index in [4.69, 9.17) is 26.2 Å². The molecule has 128 valence electrons. The van der Waals surface area contributed by atoms with Crippen molar-refractivity contribution in [2.45, 2.75) is 4.90 Å². The summed E-state index contributed by atoms with van der Waals surface area (Å²) in [6.45, 7) is 0. The average molecular weight is 372 g/mol. The van der Waals surface area contributed by atoms with Crippen LogP contribution in [0.3, 0.4) is 0 Å². The van der Waals surface area contributed by atoms with Gasteiger partial charge in [0.05, 0.1) is 19.2 Å². The van der Waals surface area contributed by atoms with E-state index in [1.807, 2.05) is 0 Å². The van der Waals surface area contributed by atoms with Crippen molar-refractivity contribution in [1.82, 2.24) is 4.98 Å². The summed E-state index contributed by atoms with van der Waals surface area (Å²) in [5.41, 5.74) is 0.344. The SMILES string of the molecule is COc1ccc(NC(=O)c2ccc(Cl)c(S(N)(=O)=O)c2)c(OC)n1. The van der Waals surface area contributed by atoms with Crippen LogP contribution >= 0.6 is 11.6 Å². The summed E-state index contributed by atoms with van der Waals surface area (Å²) in [6.07, 6.45) is 0. The highest BCUT2D eigenvalue weighted by Gasteiger charge is 2.17. The summed E-state index contributed by atoms with van der Waals surface area (Å²) in [4.78, 5) is 16.0. The molecule has 0 aliphatic carbocycles. The number of rotatable bonds is 5. The fraction of sp³-hybridized carbons (Fsp3) is 0.143. The van der Waals surface area contributed by atoms with Crippen molar-refractivity contribution in [3.63, 3.8) is 0 Å². The Labute approximate surface area is 143 Å². The Bertz CT molecular complexity index is 886. The Hall–Kier alpha value is -2.36. The minimum absolute atomic E-state index is 0.0568. The van der Waals surface area contributed by atoms with Gasteiger partial charge in [-0.1, -0.05) is 11.6 Å². The van der Waals surface area contributed by atoms with Gasteiger partial charge in [-0.2, -0.15) is 4.98 Å². The molecular formula is C14H14ClN3O5S. The van der Waals surface area contributed by atoms with Crippen molar-refractivity contribution < 1.29 is 22.7 Å². The van der Waals surface area contributed by atoms with Crippen LogP contribution in [0.5, 0.6) is 11.8 Å². The van der Waals surface area contributed by atoms with Crippen LogP contribution in [-0.4, -0.2) is 33.5 Å². The number of hydrogen-bond acceptors (Lipinski definition) is 6. The molecule has 0 saturated carbocycles. The molecule has 2 rings (SSSR count). The molecule has 1 aromatic heterocycles. The Morgan fingerprint density at radius 3 is 2.50 bits per heavy atom. The van der Waals surface area contributed by atoms with Crippen LogP contribution < -0.4 is 19.9 Å². The Kier molecular flexibility index (Phi) is 5.27. The first-order chi connectivity index (χ1) is 11.3. The van der Waals surface area contributed by atoms with Gasteiger partial charge >= 0.3 is 0 Å². The van der Waals surface area contributed by atoms with E-state index in [-0.39, 0.29) is 27.0 Å². The number of amides is 1. The van der Waals surface area contributed by atoms with E-state index < -0.39 is 15.9 Å². The van der Waals surface area contributed by atoms with Crippen molar-refractivity contribution in [3.05, 3.63) is 40.9 Å². The predicted octanol–water partition coefficient (Wildman–Crippen LogP) is 1.65. The van der Waals surface area contributed by atoms with Gasteiger partial charge in [-0.3, -0.25) is 4.79 Å². The number of anilines is 1. The largest absolute Gasteiger partial charge is 0.481 e. The van der Waals surface area contributed by atoms with Crippen molar-refractivity contribution >= 4 is 33.2 Å².